The smallest absolute Gasteiger partial charge is 0.255 e. The lowest BCUT2D eigenvalue weighted by molar-refractivity contribution is 0.102. The molecule has 0 saturated heterocycles. The van der Waals surface area contributed by atoms with Crippen molar-refractivity contribution in [3.63, 3.8) is 0 Å². The van der Waals surface area contributed by atoms with Gasteiger partial charge in [-0.3, -0.25) is 9.36 Å². The number of imidazole rings is 1. The molecule has 0 aliphatic rings. The van der Waals surface area contributed by atoms with E-state index in [-0.39, 0.29) is 5.91 Å². The first-order chi connectivity index (χ1) is 14.1. The summed E-state index contributed by atoms with van der Waals surface area (Å²) in [5, 5.41) is 2.90. The standard InChI is InChI=1S/C22H19N5O2/c1-15-5-3-4-6-19(15)22(28)26-17-7-9-18(10-8-17)29-21-13-20(24-16(2)25-21)27-12-11-23-14-27/h3-14H,1-2H3,(H,26,28). The van der Waals surface area contributed by atoms with Crippen molar-refractivity contribution in [1.29, 1.82) is 0 Å². The number of aryl methyl sites for hydroxylation is 2. The monoisotopic (exact) mass is 385 g/mol. The molecule has 0 aliphatic heterocycles. The minimum absolute atomic E-state index is 0.145. The molecule has 144 valence electrons. The first-order valence-electron chi connectivity index (χ1n) is 9.07. The van der Waals surface area contributed by atoms with Crippen molar-refractivity contribution in [3.05, 3.63) is 90.3 Å². The summed E-state index contributed by atoms with van der Waals surface area (Å²) in [6.45, 7) is 3.71. The summed E-state index contributed by atoms with van der Waals surface area (Å²) < 4.78 is 7.65. The van der Waals surface area contributed by atoms with Gasteiger partial charge in [-0.2, -0.15) is 4.98 Å². The second-order valence-corrected chi connectivity index (χ2v) is 6.48. The number of carbonyl (C=O) groups is 1. The summed E-state index contributed by atoms with van der Waals surface area (Å²) in [5.74, 6) is 2.15. The van der Waals surface area contributed by atoms with Crippen molar-refractivity contribution in [2.45, 2.75) is 13.8 Å². The average Bonchev–Trinajstić information content (AvgIpc) is 3.24. The number of rotatable bonds is 5. The van der Waals surface area contributed by atoms with Gasteiger partial charge >= 0.3 is 0 Å². The molecule has 4 aromatic rings. The minimum atomic E-state index is -0.145. The Balaban J connectivity index is 1.48. The van der Waals surface area contributed by atoms with Crippen LogP contribution in [0.4, 0.5) is 5.69 Å². The summed E-state index contributed by atoms with van der Waals surface area (Å²) in [7, 11) is 0. The molecule has 2 aromatic carbocycles. The SMILES string of the molecule is Cc1nc(Oc2ccc(NC(=O)c3ccccc3C)cc2)cc(-n2ccnc2)n1. The molecule has 0 atom stereocenters. The first-order valence-corrected chi connectivity index (χ1v) is 9.07. The van der Waals surface area contributed by atoms with Crippen LogP contribution in [0.1, 0.15) is 21.7 Å². The normalized spacial score (nSPS) is 10.6. The molecule has 7 heteroatoms. The number of anilines is 1. The molecule has 1 amide bonds. The van der Waals surface area contributed by atoms with Crippen LogP contribution in [0.25, 0.3) is 5.82 Å². The predicted molar refractivity (Wildman–Crippen MR) is 110 cm³/mol. The Morgan fingerprint density at radius 3 is 2.55 bits per heavy atom. The summed E-state index contributed by atoms with van der Waals surface area (Å²) in [6.07, 6.45) is 5.15. The van der Waals surface area contributed by atoms with E-state index in [1.165, 1.54) is 0 Å². The Hall–Kier alpha value is -4.00. The fourth-order valence-corrected chi connectivity index (χ4v) is 2.86. The van der Waals surface area contributed by atoms with E-state index in [2.05, 4.69) is 20.3 Å². The van der Waals surface area contributed by atoms with Crippen molar-refractivity contribution in [1.82, 2.24) is 19.5 Å². The van der Waals surface area contributed by atoms with Crippen molar-refractivity contribution in [2.24, 2.45) is 0 Å². The van der Waals surface area contributed by atoms with Crippen LogP contribution >= 0.6 is 0 Å². The Labute approximate surface area is 168 Å². The molecule has 2 aromatic heterocycles. The maximum atomic E-state index is 12.4. The molecule has 0 spiro atoms. The van der Waals surface area contributed by atoms with Crippen LogP contribution in [0.5, 0.6) is 11.6 Å². The zero-order valence-electron chi connectivity index (χ0n) is 16.0. The maximum absolute atomic E-state index is 12.4. The van der Waals surface area contributed by atoms with Crippen molar-refractivity contribution in [2.75, 3.05) is 5.32 Å². The third-order valence-corrected chi connectivity index (χ3v) is 4.29. The van der Waals surface area contributed by atoms with Gasteiger partial charge in [0.15, 0.2) is 0 Å². The lowest BCUT2D eigenvalue weighted by atomic mass is 10.1. The molecule has 29 heavy (non-hydrogen) atoms. The summed E-state index contributed by atoms with van der Waals surface area (Å²) in [6, 6.07) is 16.3. The van der Waals surface area contributed by atoms with Crippen LogP contribution in [-0.2, 0) is 0 Å². The maximum Gasteiger partial charge on any atom is 0.255 e. The van der Waals surface area contributed by atoms with Crippen molar-refractivity contribution in [3.8, 4) is 17.4 Å². The molecular formula is C22H19N5O2. The largest absolute Gasteiger partial charge is 0.439 e. The van der Waals surface area contributed by atoms with Gasteiger partial charge in [0, 0.05) is 29.7 Å². The number of benzene rings is 2. The van der Waals surface area contributed by atoms with Crippen LogP contribution in [0.3, 0.4) is 0 Å². The van der Waals surface area contributed by atoms with E-state index in [9.17, 15) is 4.79 Å². The van der Waals surface area contributed by atoms with Crippen LogP contribution in [-0.4, -0.2) is 25.4 Å². The molecule has 4 rings (SSSR count). The Bertz CT molecular complexity index is 1140. The molecule has 0 saturated carbocycles. The average molecular weight is 385 g/mol. The van der Waals surface area contributed by atoms with Gasteiger partial charge in [-0.05, 0) is 49.7 Å². The topological polar surface area (TPSA) is 81.9 Å². The second kappa shape index (κ2) is 7.93. The van der Waals surface area contributed by atoms with Gasteiger partial charge in [-0.25, -0.2) is 9.97 Å². The van der Waals surface area contributed by atoms with E-state index >= 15 is 0 Å². The van der Waals surface area contributed by atoms with E-state index in [0.717, 1.165) is 5.56 Å². The molecule has 0 radical (unpaired) electrons. The van der Waals surface area contributed by atoms with Gasteiger partial charge in [0.25, 0.3) is 5.91 Å². The lowest BCUT2D eigenvalue weighted by Crippen LogP contribution is -2.13. The number of ether oxygens (including phenoxy) is 1. The lowest BCUT2D eigenvalue weighted by Gasteiger charge is -2.10. The van der Waals surface area contributed by atoms with Crippen LogP contribution in [0.15, 0.2) is 73.3 Å². The van der Waals surface area contributed by atoms with Gasteiger partial charge < -0.3 is 10.1 Å². The highest BCUT2D eigenvalue weighted by Crippen LogP contribution is 2.23. The van der Waals surface area contributed by atoms with E-state index in [4.69, 9.17) is 4.74 Å². The molecular weight excluding hydrogens is 366 g/mol. The quantitative estimate of drug-likeness (QED) is 0.553. The molecule has 1 N–H and O–H groups in total. The first kappa shape index (κ1) is 18.4. The van der Waals surface area contributed by atoms with Gasteiger partial charge in [0.05, 0.1) is 0 Å². The fraction of sp³-hybridized carbons (Fsp3) is 0.0909. The van der Waals surface area contributed by atoms with Crippen LogP contribution in [0, 0.1) is 13.8 Å². The minimum Gasteiger partial charge on any atom is -0.439 e. The fourth-order valence-electron chi connectivity index (χ4n) is 2.86. The molecule has 0 bridgehead atoms. The molecule has 7 nitrogen and oxygen atoms in total. The molecule has 0 unspecified atom stereocenters. The summed E-state index contributed by atoms with van der Waals surface area (Å²) in [5.41, 5.74) is 2.26. The van der Waals surface area contributed by atoms with E-state index in [1.807, 2.05) is 25.1 Å². The highest BCUT2D eigenvalue weighted by molar-refractivity contribution is 6.05. The van der Waals surface area contributed by atoms with Crippen molar-refractivity contribution >= 4 is 11.6 Å². The Morgan fingerprint density at radius 2 is 1.83 bits per heavy atom. The number of hydrogen-bond donors (Lipinski definition) is 1. The van der Waals surface area contributed by atoms with Crippen molar-refractivity contribution < 1.29 is 9.53 Å². The second-order valence-electron chi connectivity index (χ2n) is 6.48. The third kappa shape index (κ3) is 4.30. The predicted octanol–water partition coefficient (Wildman–Crippen LogP) is 4.32. The number of nitrogens with one attached hydrogen (secondary N) is 1. The number of carbonyl (C=O) groups excluding carboxylic acids is 1. The molecule has 2 heterocycles. The van der Waals surface area contributed by atoms with Crippen LogP contribution < -0.4 is 10.1 Å². The third-order valence-electron chi connectivity index (χ3n) is 4.29. The summed E-state index contributed by atoms with van der Waals surface area (Å²) >= 11 is 0. The zero-order chi connectivity index (χ0) is 20.2. The zero-order valence-corrected chi connectivity index (χ0v) is 16.0. The summed E-state index contributed by atoms with van der Waals surface area (Å²) in [4.78, 5) is 25.2. The number of amides is 1. The highest BCUT2D eigenvalue weighted by Gasteiger charge is 2.09. The van der Waals surface area contributed by atoms with Gasteiger partial charge in [0.2, 0.25) is 5.88 Å². The van der Waals surface area contributed by atoms with E-state index in [0.29, 0.717) is 34.5 Å². The number of hydrogen-bond acceptors (Lipinski definition) is 5. The van der Waals surface area contributed by atoms with E-state index < -0.39 is 0 Å². The van der Waals surface area contributed by atoms with E-state index in [1.54, 1.807) is 66.6 Å². The van der Waals surface area contributed by atoms with Gasteiger partial charge in [-0.1, -0.05) is 18.2 Å². The Morgan fingerprint density at radius 1 is 1.03 bits per heavy atom. The number of aromatic nitrogens is 4. The van der Waals surface area contributed by atoms with Crippen LogP contribution in [0.2, 0.25) is 0 Å². The number of nitrogens with zero attached hydrogens (tertiary/aromatic N) is 4. The highest BCUT2D eigenvalue weighted by atomic mass is 16.5. The molecule has 0 fully saturated rings. The van der Waals surface area contributed by atoms with Gasteiger partial charge in [-0.15, -0.1) is 0 Å². The van der Waals surface area contributed by atoms with Gasteiger partial charge in [0.1, 0.15) is 23.7 Å². The Kier molecular flexibility index (Phi) is 5.03. The molecule has 0 aliphatic carbocycles.